The van der Waals surface area contributed by atoms with Crippen molar-refractivity contribution in [2.24, 2.45) is 10.6 Å². The molecule has 0 radical (unpaired) electrons. The van der Waals surface area contributed by atoms with Crippen LogP contribution in [0.25, 0.3) is 0 Å². The monoisotopic (exact) mass is 441 g/mol. The van der Waals surface area contributed by atoms with Gasteiger partial charge in [-0.1, -0.05) is 25.9 Å². The van der Waals surface area contributed by atoms with Crippen LogP contribution in [0, 0.1) is 10.3 Å². The Bertz CT molecular complexity index is 557. The zero-order chi connectivity index (χ0) is 23.4. The van der Waals surface area contributed by atoms with Crippen molar-refractivity contribution in [3.05, 3.63) is 4.91 Å². The molecule has 9 heteroatoms. The van der Waals surface area contributed by atoms with E-state index in [1.807, 2.05) is 9.80 Å². The molecule has 1 aliphatic rings. The van der Waals surface area contributed by atoms with Crippen LogP contribution in [-0.2, 0) is 9.59 Å². The molecule has 0 aliphatic carbocycles. The molecule has 1 fully saturated rings. The molecule has 0 spiro atoms. The Morgan fingerprint density at radius 3 is 2.00 bits per heavy atom. The third-order valence-electron chi connectivity index (χ3n) is 5.64. The SMILES string of the molecule is CC(C)N(CCN=O)CCN(CCO)CCC(=O)N1CCN(C(=O)CC(C)(C)C)CC1. The van der Waals surface area contributed by atoms with Crippen molar-refractivity contribution in [3.8, 4) is 0 Å². The van der Waals surface area contributed by atoms with E-state index in [0.717, 1.165) is 13.1 Å². The summed E-state index contributed by atoms with van der Waals surface area (Å²) in [6.07, 6.45) is 0.918. The third-order valence-corrected chi connectivity index (χ3v) is 5.64. The zero-order valence-electron chi connectivity index (χ0n) is 20.2. The summed E-state index contributed by atoms with van der Waals surface area (Å²) in [7, 11) is 0. The van der Waals surface area contributed by atoms with Crippen LogP contribution < -0.4 is 0 Å². The molecule has 1 aliphatic heterocycles. The largest absolute Gasteiger partial charge is 0.395 e. The highest BCUT2D eigenvalue weighted by Crippen LogP contribution is 2.20. The van der Waals surface area contributed by atoms with Crippen molar-refractivity contribution < 1.29 is 14.7 Å². The lowest BCUT2D eigenvalue weighted by atomic mass is 9.91. The number of amides is 2. The number of piperazine rings is 1. The summed E-state index contributed by atoms with van der Waals surface area (Å²) in [6, 6.07) is 0.302. The molecule has 1 heterocycles. The fourth-order valence-electron chi connectivity index (χ4n) is 3.73. The van der Waals surface area contributed by atoms with E-state index in [2.05, 4.69) is 49.6 Å². The number of hydrogen-bond donors (Lipinski definition) is 1. The summed E-state index contributed by atoms with van der Waals surface area (Å²) in [6.45, 7) is 16.2. The molecule has 0 aromatic carbocycles. The van der Waals surface area contributed by atoms with Crippen LogP contribution in [0.5, 0.6) is 0 Å². The standard InChI is InChI=1S/C22H43N5O4/c1-19(2)25(9-7-23-31)11-10-24(16-17-28)8-6-20(29)26-12-14-27(15-13-26)21(30)18-22(3,4)5/h19,28H,6-18H2,1-5H3. The smallest absolute Gasteiger partial charge is 0.223 e. The van der Waals surface area contributed by atoms with Crippen molar-refractivity contribution in [2.75, 3.05) is 72.1 Å². The van der Waals surface area contributed by atoms with Crippen molar-refractivity contribution >= 4 is 11.8 Å². The summed E-state index contributed by atoms with van der Waals surface area (Å²) in [5.41, 5.74) is -0.0326. The van der Waals surface area contributed by atoms with Gasteiger partial charge < -0.3 is 14.9 Å². The number of hydrogen-bond acceptors (Lipinski definition) is 7. The van der Waals surface area contributed by atoms with Crippen LogP contribution in [-0.4, -0.2) is 115 Å². The quantitative estimate of drug-likeness (QED) is 0.432. The zero-order valence-corrected chi connectivity index (χ0v) is 20.2. The van der Waals surface area contributed by atoms with Gasteiger partial charge in [-0.3, -0.25) is 19.4 Å². The first-order valence-electron chi connectivity index (χ1n) is 11.5. The summed E-state index contributed by atoms with van der Waals surface area (Å²) in [4.78, 5) is 43.5. The summed E-state index contributed by atoms with van der Waals surface area (Å²) in [5.74, 6) is 0.255. The number of carbonyl (C=O) groups is 2. The van der Waals surface area contributed by atoms with E-state index in [-0.39, 0.29) is 30.4 Å². The lowest BCUT2D eigenvalue weighted by molar-refractivity contribution is -0.140. The summed E-state index contributed by atoms with van der Waals surface area (Å²) < 4.78 is 0. The Morgan fingerprint density at radius 1 is 0.935 bits per heavy atom. The fraction of sp³-hybridized carbons (Fsp3) is 0.909. The summed E-state index contributed by atoms with van der Waals surface area (Å²) >= 11 is 0. The van der Waals surface area contributed by atoms with Crippen molar-refractivity contribution in [1.29, 1.82) is 0 Å². The number of carbonyl (C=O) groups excluding carboxylic acids is 2. The molecule has 0 saturated carbocycles. The fourth-order valence-corrected chi connectivity index (χ4v) is 3.73. The van der Waals surface area contributed by atoms with Gasteiger partial charge in [-0.25, -0.2) is 0 Å². The Morgan fingerprint density at radius 2 is 1.52 bits per heavy atom. The Kier molecular flexibility index (Phi) is 12.2. The lowest BCUT2D eigenvalue weighted by Gasteiger charge is -2.36. The average molecular weight is 442 g/mol. The van der Waals surface area contributed by atoms with Gasteiger partial charge >= 0.3 is 0 Å². The predicted octanol–water partition coefficient (Wildman–Crippen LogP) is 1.25. The van der Waals surface area contributed by atoms with Gasteiger partial charge in [-0.15, -0.1) is 0 Å². The number of rotatable bonds is 13. The first kappa shape index (κ1) is 27.5. The minimum Gasteiger partial charge on any atom is -0.395 e. The molecule has 0 aromatic rings. The molecular formula is C22H43N5O4. The molecular weight excluding hydrogens is 398 g/mol. The maximum Gasteiger partial charge on any atom is 0.223 e. The Hall–Kier alpha value is -1.58. The first-order valence-corrected chi connectivity index (χ1v) is 11.5. The van der Waals surface area contributed by atoms with Crippen LogP contribution in [0.4, 0.5) is 0 Å². The second-order valence-electron chi connectivity index (χ2n) is 9.80. The molecule has 180 valence electrons. The number of nitroso groups, excluding NO2 is 1. The number of aliphatic hydroxyl groups excluding tert-OH is 1. The van der Waals surface area contributed by atoms with Gasteiger partial charge in [-0.2, -0.15) is 4.91 Å². The number of aliphatic hydroxyl groups is 1. The van der Waals surface area contributed by atoms with E-state index in [0.29, 0.717) is 64.7 Å². The van der Waals surface area contributed by atoms with E-state index in [4.69, 9.17) is 0 Å². The Labute approximate surface area is 187 Å². The molecule has 0 bridgehead atoms. The van der Waals surface area contributed by atoms with Crippen LogP contribution in [0.1, 0.15) is 47.5 Å². The van der Waals surface area contributed by atoms with Crippen LogP contribution >= 0.6 is 0 Å². The average Bonchev–Trinajstić information content (AvgIpc) is 2.70. The minimum atomic E-state index is -0.0326. The second kappa shape index (κ2) is 13.8. The van der Waals surface area contributed by atoms with Gasteiger partial charge in [-0.05, 0) is 19.3 Å². The second-order valence-corrected chi connectivity index (χ2v) is 9.80. The highest BCUT2D eigenvalue weighted by Gasteiger charge is 2.26. The first-order chi connectivity index (χ1) is 14.6. The van der Waals surface area contributed by atoms with E-state index in [1.54, 1.807) is 0 Å². The van der Waals surface area contributed by atoms with E-state index >= 15 is 0 Å². The molecule has 0 aromatic heterocycles. The van der Waals surface area contributed by atoms with Crippen LogP contribution in [0.3, 0.4) is 0 Å². The van der Waals surface area contributed by atoms with Gasteiger partial charge in [0.15, 0.2) is 0 Å². The maximum atomic E-state index is 12.7. The molecule has 2 amide bonds. The number of nitrogens with zero attached hydrogens (tertiary/aromatic N) is 5. The third kappa shape index (κ3) is 11.0. The molecule has 0 atom stereocenters. The van der Waals surface area contributed by atoms with Crippen molar-refractivity contribution in [1.82, 2.24) is 19.6 Å². The molecule has 31 heavy (non-hydrogen) atoms. The minimum absolute atomic E-state index is 0.0326. The lowest BCUT2D eigenvalue weighted by Crippen LogP contribution is -2.51. The van der Waals surface area contributed by atoms with Crippen LogP contribution in [0.2, 0.25) is 0 Å². The highest BCUT2D eigenvalue weighted by atomic mass is 16.3. The van der Waals surface area contributed by atoms with E-state index in [9.17, 15) is 19.6 Å². The van der Waals surface area contributed by atoms with Crippen molar-refractivity contribution in [2.45, 2.75) is 53.5 Å². The molecule has 1 saturated heterocycles. The van der Waals surface area contributed by atoms with E-state index in [1.165, 1.54) is 0 Å². The van der Waals surface area contributed by atoms with Gasteiger partial charge in [0.25, 0.3) is 0 Å². The molecule has 1 rings (SSSR count). The topological polar surface area (TPSA) is 96.8 Å². The molecule has 0 unspecified atom stereocenters. The Balaban J connectivity index is 2.44. The van der Waals surface area contributed by atoms with Gasteiger partial charge in [0.1, 0.15) is 0 Å². The van der Waals surface area contributed by atoms with Gasteiger partial charge in [0, 0.05) is 77.8 Å². The normalized spacial score (nSPS) is 15.3. The molecule has 9 nitrogen and oxygen atoms in total. The molecule has 1 N–H and O–H groups in total. The van der Waals surface area contributed by atoms with Crippen LogP contribution in [0.15, 0.2) is 5.18 Å². The maximum absolute atomic E-state index is 12.7. The van der Waals surface area contributed by atoms with Gasteiger partial charge in [0.2, 0.25) is 11.8 Å². The predicted molar refractivity (Wildman–Crippen MR) is 123 cm³/mol. The van der Waals surface area contributed by atoms with E-state index < -0.39 is 0 Å². The van der Waals surface area contributed by atoms with Crippen molar-refractivity contribution in [3.63, 3.8) is 0 Å². The van der Waals surface area contributed by atoms with Gasteiger partial charge in [0.05, 0.1) is 13.2 Å². The summed E-state index contributed by atoms with van der Waals surface area (Å²) in [5, 5.41) is 12.3. The highest BCUT2D eigenvalue weighted by molar-refractivity contribution is 5.79.